The van der Waals surface area contributed by atoms with E-state index in [2.05, 4.69) is 13.8 Å². The molecule has 0 saturated heterocycles. The average Bonchev–Trinajstić information content (AvgIpc) is 3.63. The van der Waals surface area contributed by atoms with Gasteiger partial charge in [-0.2, -0.15) is 0 Å². The molecule has 10 atom stereocenters. The van der Waals surface area contributed by atoms with Gasteiger partial charge in [-0.1, -0.05) is 98.8 Å². The molecular formula is C32H56Cl4O4. The Bertz CT molecular complexity index is 670. The minimum Gasteiger partial charge on any atom is -0.390 e. The van der Waals surface area contributed by atoms with E-state index in [1.54, 1.807) is 14.2 Å². The van der Waals surface area contributed by atoms with Crippen molar-refractivity contribution in [3.63, 3.8) is 0 Å². The van der Waals surface area contributed by atoms with Crippen molar-refractivity contribution < 1.29 is 19.7 Å². The van der Waals surface area contributed by atoms with E-state index in [9.17, 15) is 10.2 Å². The van der Waals surface area contributed by atoms with Crippen molar-refractivity contribution in [1.82, 2.24) is 0 Å². The van der Waals surface area contributed by atoms with Crippen LogP contribution in [0, 0.1) is 35.5 Å². The van der Waals surface area contributed by atoms with Crippen molar-refractivity contribution in [1.29, 1.82) is 0 Å². The predicted molar refractivity (Wildman–Crippen MR) is 169 cm³/mol. The number of unbranched alkanes of at least 4 members (excludes halogenated alkanes) is 2. The number of halogens is 4. The Morgan fingerprint density at radius 3 is 1.35 bits per heavy atom. The summed E-state index contributed by atoms with van der Waals surface area (Å²) in [6.45, 7) is 4.34. The Balaban J connectivity index is 0.000000220. The van der Waals surface area contributed by atoms with Gasteiger partial charge in [0, 0.05) is 26.1 Å². The average molecular weight is 647 g/mol. The van der Waals surface area contributed by atoms with E-state index in [0.29, 0.717) is 47.7 Å². The molecule has 0 spiro atoms. The number of ether oxygens (including phenoxy) is 2. The van der Waals surface area contributed by atoms with E-state index in [4.69, 9.17) is 55.9 Å². The summed E-state index contributed by atoms with van der Waals surface area (Å²) in [5.74, 6) is 2.85. The van der Waals surface area contributed by atoms with Crippen LogP contribution in [-0.2, 0) is 9.47 Å². The first kappa shape index (κ1) is 35.5. The summed E-state index contributed by atoms with van der Waals surface area (Å²) >= 11 is 25.7. The second kappa shape index (κ2) is 16.4. The SMILES string of the molecule is CCC(CCCCC1CCC2CC(O)C(Cl)(Cl)C12)OC.CCC(CCCCC1CCC2CC(O)C(Cl)(Cl)C12)OC. The molecule has 0 aliphatic heterocycles. The highest BCUT2D eigenvalue weighted by Crippen LogP contribution is 2.59. The van der Waals surface area contributed by atoms with Crippen molar-refractivity contribution in [3.8, 4) is 0 Å². The Hall–Kier alpha value is 1.00. The molecule has 0 amide bonds. The number of aliphatic hydroxyl groups is 2. The van der Waals surface area contributed by atoms with Gasteiger partial charge >= 0.3 is 0 Å². The van der Waals surface area contributed by atoms with Crippen molar-refractivity contribution in [3.05, 3.63) is 0 Å². The third-order valence-electron chi connectivity index (χ3n) is 11.0. The summed E-state index contributed by atoms with van der Waals surface area (Å²) in [4.78, 5) is 0. The summed E-state index contributed by atoms with van der Waals surface area (Å²) in [5, 5.41) is 20.0. The van der Waals surface area contributed by atoms with Crippen LogP contribution in [0.5, 0.6) is 0 Å². The lowest BCUT2D eigenvalue weighted by atomic mass is 9.87. The van der Waals surface area contributed by atoms with Gasteiger partial charge in [0.25, 0.3) is 0 Å². The third-order valence-corrected chi connectivity index (χ3v) is 13.0. The third kappa shape index (κ3) is 8.58. The number of methoxy groups -OCH3 is 2. The summed E-state index contributed by atoms with van der Waals surface area (Å²) in [7, 11) is 3.59. The summed E-state index contributed by atoms with van der Waals surface area (Å²) in [5.41, 5.74) is 0. The van der Waals surface area contributed by atoms with E-state index in [1.807, 2.05) is 0 Å². The lowest BCUT2D eigenvalue weighted by Gasteiger charge is -2.29. The highest BCUT2D eigenvalue weighted by atomic mass is 35.5. The minimum atomic E-state index is -0.912. The molecule has 4 fully saturated rings. The first-order valence-electron chi connectivity index (χ1n) is 16.2. The topological polar surface area (TPSA) is 58.9 Å². The molecule has 0 aromatic heterocycles. The molecule has 0 bridgehead atoms. The van der Waals surface area contributed by atoms with Gasteiger partial charge in [-0.05, 0) is 87.9 Å². The van der Waals surface area contributed by atoms with Crippen LogP contribution in [-0.4, -0.2) is 57.5 Å². The molecule has 0 radical (unpaired) electrons. The zero-order valence-electron chi connectivity index (χ0n) is 25.3. The number of hydrogen-bond donors (Lipinski definition) is 2. The van der Waals surface area contributed by atoms with Gasteiger partial charge in [-0.25, -0.2) is 0 Å². The molecule has 4 aliphatic rings. The summed E-state index contributed by atoms with van der Waals surface area (Å²) in [6.07, 6.45) is 17.8. The van der Waals surface area contributed by atoms with Crippen molar-refractivity contribution in [2.75, 3.05) is 14.2 Å². The maximum atomic E-state index is 10.0. The van der Waals surface area contributed by atoms with E-state index in [0.717, 1.165) is 38.5 Å². The van der Waals surface area contributed by atoms with Gasteiger partial charge in [0.2, 0.25) is 0 Å². The first-order chi connectivity index (χ1) is 19.0. The Kier molecular flexibility index (Phi) is 14.5. The molecular weight excluding hydrogens is 590 g/mol. The maximum absolute atomic E-state index is 10.0. The van der Waals surface area contributed by atoms with Crippen LogP contribution in [0.1, 0.15) is 117 Å². The lowest BCUT2D eigenvalue weighted by molar-refractivity contribution is 0.0889. The van der Waals surface area contributed by atoms with Crippen molar-refractivity contribution >= 4 is 46.4 Å². The van der Waals surface area contributed by atoms with Crippen LogP contribution in [0.15, 0.2) is 0 Å². The largest absolute Gasteiger partial charge is 0.390 e. The highest BCUT2D eigenvalue weighted by Gasteiger charge is 2.58. The molecule has 40 heavy (non-hydrogen) atoms. The van der Waals surface area contributed by atoms with Gasteiger partial charge in [0.15, 0.2) is 0 Å². The number of rotatable bonds is 14. The van der Waals surface area contributed by atoms with Crippen molar-refractivity contribution in [2.24, 2.45) is 35.5 Å². The van der Waals surface area contributed by atoms with Gasteiger partial charge in [-0.15, -0.1) is 0 Å². The standard InChI is InChI=1S/2C16H28Cl2O2/c2*1-3-13(20-2)7-5-4-6-11-8-9-12-10-14(19)16(17,18)15(11)12/h2*11-15,19H,3-10H2,1-2H3. The fraction of sp³-hybridized carbons (Fsp3) is 1.00. The predicted octanol–water partition coefficient (Wildman–Crippen LogP) is 9.11. The molecule has 4 aliphatic carbocycles. The second-order valence-electron chi connectivity index (χ2n) is 13.2. The summed E-state index contributed by atoms with van der Waals surface area (Å²) < 4.78 is 9.00. The van der Waals surface area contributed by atoms with Crippen LogP contribution in [0.3, 0.4) is 0 Å². The smallest absolute Gasteiger partial charge is 0.147 e. The van der Waals surface area contributed by atoms with Crippen LogP contribution >= 0.6 is 46.4 Å². The van der Waals surface area contributed by atoms with E-state index in [-0.39, 0.29) is 0 Å². The normalized spacial score (nSPS) is 37.0. The Labute approximate surface area is 264 Å². The number of aliphatic hydroxyl groups excluding tert-OH is 2. The fourth-order valence-electron chi connectivity index (χ4n) is 8.64. The van der Waals surface area contributed by atoms with Crippen LogP contribution in [0.4, 0.5) is 0 Å². The van der Waals surface area contributed by atoms with Crippen LogP contribution in [0.25, 0.3) is 0 Å². The van der Waals surface area contributed by atoms with Gasteiger partial charge in [-0.3, -0.25) is 0 Å². The minimum absolute atomic E-state index is 0.297. The molecule has 8 heteroatoms. The van der Waals surface area contributed by atoms with Gasteiger partial charge in [0.1, 0.15) is 8.67 Å². The second-order valence-corrected chi connectivity index (χ2v) is 16.1. The monoisotopic (exact) mass is 644 g/mol. The molecule has 2 N–H and O–H groups in total. The van der Waals surface area contributed by atoms with Crippen molar-refractivity contribution in [2.45, 2.75) is 150 Å². The van der Waals surface area contributed by atoms with E-state index >= 15 is 0 Å². The van der Waals surface area contributed by atoms with Crippen LogP contribution in [0.2, 0.25) is 0 Å². The first-order valence-corrected chi connectivity index (χ1v) is 17.7. The zero-order chi connectivity index (χ0) is 29.5. The summed E-state index contributed by atoms with van der Waals surface area (Å²) in [6, 6.07) is 0. The van der Waals surface area contributed by atoms with E-state index < -0.39 is 20.9 Å². The molecule has 0 aromatic carbocycles. The number of alkyl halides is 4. The van der Waals surface area contributed by atoms with Gasteiger partial charge in [0.05, 0.1) is 24.4 Å². The molecule has 0 aromatic rings. The maximum Gasteiger partial charge on any atom is 0.147 e. The van der Waals surface area contributed by atoms with Crippen LogP contribution < -0.4 is 0 Å². The quantitative estimate of drug-likeness (QED) is 0.146. The van der Waals surface area contributed by atoms with E-state index in [1.165, 1.54) is 64.2 Å². The zero-order valence-corrected chi connectivity index (χ0v) is 28.3. The number of hydrogen-bond acceptors (Lipinski definition) is 4. The molecule has 0 heterocycles. The molecule has 4 saturated carbocycles. The highest BCUT2D eigenvalue weighted by molar-refractivity contribution is 6.49. The number of fused-ring (bicyclic) bond motifs is 2. The Morgan fingerprint density at radius 1 is 0.650 bits per heavy atom. The Morgan fingerprint density at radius 2 is 1.02 bits per heavy atom. The molecule has 4 nitrogen and oxygen atoms in total. The molecule has 10 unspecified atom stereocenters. The molecule has 4 rings (SSSR count). The van der Waals surface area contributed by atoms with Gasteiger partial charge < -0.3 is 19.7 Å². The molecule has 236 valence electrons. The fourth-order valence-corrected chi connectivity index (χ4v) is 10.4. The lowest BCUT2D eigenvalue weighted by Crippen LogP contribution is -2.34.